The van der Waals surface area contributed by atoms with Gasteiger partial charge >= 0.3 is 12.1 Å². The second kappa shape index (κ2) is 8.27. The molecule has 1 aromatic carbocycles. The summed E-state index contributed by atoms with van der Waals surface area (Å²) in [6.07, 6.45) is 0.202. The highest BCUT2D eigenvalue weighted by molar-refractivity contribution is 7.89. The number of carboxylic acids is 1. The fraction of sp³-hybridized carbons (Fsp3) is 0.500. The van der Waals surface area contributed by atoms with Crippen LogP contribution in [-0.4, -0.2) is 55.2 Å². The van der Waals surface area contributed by atoms with Crippen LogP contribution in [-0.2, 0) is 19.6 Å². The Bertz CT molecular complexity index is 998. The largest absolute Gasteiger partial charge is 0.480 e. The zero-order valence-electron chi connectivity index (χ0n) is 17.1. The molecule has 0 unspecified atom stereocenters. The van der Waals surface area contributed by atoms with E-state index in [9.17, 15) is 23.1 Å². The van der Waals surface area contributed by atoms with E-state index in [0.29, 0.717) is 23.8 Å². The summed E-state index contributed by atoms with van der Waals surface area (Å²) in [5.41, 5.74) is -0.227. The number of fused-ring (bicyclic) bond motifs is 1. The van der Waals surface area contributed by atoms with Gasteiger partial charge in [0.15, 0.2) is 0 Å². The second-order valence-electron chi connectivity index (χ2n) is 8.35. The molecule has 1 aromatic heterocycles. The van der Waals surface area contributed by atoms with Gasteiger partial charge in [-0.3, -0.25) is 4.79 Å². The zero-order chi connectivity index (χ0) is 22.1. The predicted octanol–water partition coefficient (Wildman–Crippen LogP) is 2.81. The molecular formula is C20H26N2O7S. The number of rotatable bonds is 5. The molecule has 2 aromatic rings. The SMILES string of the molecule is CC(C)(C)OC(=O)N1CCC([C@@H](NS(=O)(=O)c2cc3ccccc3o2)C(=O)O)CC1. The number of likely N-dealkylation sites (tertiary alicyclic amines) is 1. The average Bonchev–Trinajstić information content (AvgIpc) is 3.10. The molecule has 10 heteroatoms. The van der Waals surface area contributed by atoms with Crippen LogP contribution in [0.1, 0.15) is 33.6 Å². The van der Waals surface area contributed by atoms with E-state index in [4.69, 9.17) is 9.15 Å². The molecule has 3 rings (SSSR count). The van der Waals surface area contributed by atoms with E-state index in [-0.39, 0.29) is 18.2 Å². The number of piperidine rings is 1. The van der Waals surface area contributed by atoms with E-state index >= 15 is 0 Å². The third-order valence-electron chi connectivity index (χ3n) is 4.88. The van der Waals surface area contributed by atoms with Crippen molar-refractivity contribution in [2.24, 2.45) is 5.92 Å². The number of benzene rings is 1. The Hall–Kier alpha value is -2.59. The highest BCUT2D eigenvalue weighted by Gasteiger charge is 2.37. The molecule has 9 nitrogen and oxygen atoms in total. The summed E-state index contributed by atoms with van der Waals surface area (Å²) < 4.78 is 38.5. The van der Waals surface area contributed by atoms with Gasteiger partial charge in [0.2, 0.25) is 5.09 Å². The van der Waals surface area contributed by atoms with Gasteiger partial charge in [-0.25, -0.2) is 13.2 Å². The smallest absolute Gasteiger partial charge is 0.410 e. The van der Waals surface area contributed by atoms with Crippen LogP contribution in [0.2, 0.25) is 0 Å². The van der Waals surface area contributed by atoms with Crippen LogP contribution >= 0.6 is 0 Å². The molecular weight excluding hydrogens is 412 g/mol. The maximum absolute atomic E-state index is 12.7. The lowest BCUT2D eigenvalue weighted by molar-refractivity contribution is -0.140. The molecule has 0 saturated carbocycles. The first-order chi connectivity index (χ1) is 14.0. The number of aliphatic carboxylic acids is 1. The molecule has 0 bridgehead atoms. The van der Waals surface area contributed by atoms with Crippen LogP contribution < -0.4 is 4.72 Å². The highest BCUT2D eigenvalue weighted by atomic mass is 32.2. The Labute approximate surface area is 175 Å². The minimum absolute atomic E-state index is 0.287. The molecule has 0 spiro atoms. The van der Waals surface area contributed by atoms with Crippen LogP contribution in [0.3, 0.4) is 0 Å². The fourth-order valence-electron chi connectivity index (χ4n) is 3.41. The number of nitrogens with zero attached hydrogens (tertiary/aromatic N) is 1. The summed E-state index contributed by atoms with van der Waals surface area (Å²) in [5.74, 6) is -1.74. The van der Waals surface area contributed by atoms with Gasteiger partial charge in [-0.15, -0.1) is 0 Å². The number of carbonyl (C=O) groups is 2. The summed E-state index contributed by atoms with van der Waals surface area (Å²) in [5, 5.41) is 9.92. The Morgan fingerprint density at radius 1 is 1.23 bits per heavy atom. The third kappa shape index (κ3) is 5.11. The van der Waals surface area contributed by atoms with Gasteiger partial charge < -0.3 is 19.2 Å². The summed E-state index contributed by atoms with van der Waals surface area (Å²) in [7, 11) is -4.17. The quantitative estimate of drug-likeness (QED) is 0.735. The lowest BCUT2D eigenvalue weighted by Crippen LogP contribution is -2.50. The topological polar surface area (TPSA) is 126 Å². The van der Waals surface area contributed by atoms with E-state index in [1.807, 2.05) is 0 Å². The first-order valence-electron chi connectivity index (χ1n) is 9.68. The Morgan fingerprint density at radius 2 is 1.87 bits per heavy atom. The van der Waals surface area contributed by atoms with Crippen molar-refractivity contribution >= 4 is 33.1 Å². The van der Waals surface area contributed by atoms with E-state index in [1.165, 1.54) is 11.0 Å². The fourth-order valence-corrected chi connectivity index (χ4v) is 4.63. The molecule has 1 fully saturated rings. The van der Waals surface area contributed by atoms with Crippen molar-refractivity contribution < 1.29 is 32.3 Å². The number of amides is 1. The normalized spacial score (nSPS) is 17.1. The van der Waals surface area contributed by atoms with Crippen molar-refractivity contribution in [2.45, 2.75) is 50.3 Å². The lowest BCUT2D eigenvalue weighted by Gasteiger charge is -2.35. The monoisotopic (exact) mass is 438 g/mol. The number of nitrogens with one attached hydrogen (secondary N) is 1. The third-order valence-corrected chi connectivity index (χ3v) is 6.17. The summed E-state index contributed by atoms with van der Waals surface area (Å²) in [6.45, 7) is 5.88. The van der Waals surface area contributed by atoms with Gasteiger partial charge in [-0.05, 0) is 45.6 Å². The molecule has 0 radical (unpaired) electrons. The molecule has 164 valence electrons. The summed E-state index contributed by atoms with van der Waals surface area (Å²) >= 11 is 0. The van der Waals surface area contributed by atoms with Crippen LogP contribution in [0, 0.1) is 5.92 Å². The number of furan rings is 1. The molecule has 2 N–H and O–H groups in total. The van der Waals surface area contributed by atoms with E-state index in [0.717, 1.165) is 0 Å². The predicted molar refractivity (Wildman–Crippen MR) is 108 cm³/mol. The van der Waals surface area contributed by atoms with Gasteiger partial charge in [0.05, 0.1) is 0 Å². The van der Waals surface area contributed by atoms with Crippen molar-refractivity contribution in [3.8, 4) is 0 Å². The molecule has 1 amide bonds. The van der Waals surface area contributed by atoms with Crippen LogP contribution in [0.4, 0.5) is 4.79 Å². The maximum atomic E-state index is 12.7. The van der Waals surface area contributed by atoms with Gasteiger partial charge in [0.1, 0.15) is 17.2 Å². The standard InChI is InChI=1S/C20H26N2O7S/c1-20(2,3)29-19(25)22-10-8-13(9-11-22)17(18(23)24)21-30(26,27)16-12-14-6-4-5-7-15(14)28-16/h4-7,12-13,17,21H,8-11H2,1-3H3,(H,23,24)/t17-/m1/s1. The second-order valence-corrected chi connectivity index (χ2v) is 9.99. The Morgan fingerprint density at radius 3 is 2.43 bits per heavy atom. The first kappa shape index (κ1) is 22.1. The van der Waals surface area contributed by atoms with Crippen molar-refractivity contribution in [3.63, 3.8) is 0 Å². The van der Waals surface area contributed by atoms with Crippen LogP contribution in [0.5, 0.6) is 0 Å². The van der Waals surface area contributed by atoms with Gasteiger partial charge in [-0.2, -0.15) is 4.72 Å². The lowest BCUT2D eigenvalue weighted by atomic mass is 9.90. The van der Waals surface area contributed by atoms with E-state index in [2.05, 4.69) is 4.72 Å². The van der Waals surface area contributed by atoms with Crippen LogP contribution in [0.25, 0.3) is 11.0 Å². The van der Waals surface area contributed by atoms with Gasteiger partial charge in [0, 0.05) is 24.5 Å². The number of hydrogen-bond donors (Lipinski definition) is 2. The zero-order valence-corrected chi connectivity index (χ0v) is 17.9. The highest BCUT2D eigenvalue weighted by Crippen LogP contribution is 2.26. The Kier molecular flexibility index (Phi) is 6.09. The first-order valence-corrected chi connectivity index (χ1v) is 11.2. The minimum atomic E-state index is -4.17. The number of para-hydroxylation sites is 1. The summed E-state index contributed by atoms with van der Waals surface area (Å²) in [6, 6.07) is 6.84. The van der Waals surface area contributed by atoms with E-state index < -0.39 is 39.6 Å². The molecule has 1 atom stereocenters. The van der Waals surface area contributed by atoms with Crippen LogP contribution in [0.15, 0.2) is 39.8 Å². The number of sulfonamides is 1. The minimum Gasteiger partial charge on any atom is -0.480 e. The summed E-state index contributed by atoms with van der Waals surface area (Å²) in [4.78, 5) is 25.5. The van der Waals surface area contributed by atoms with Crippen molar-refractivity contribution in [2.75, 3.05) is 13.1 Å². The number of carbonyl (C=O) groups excluding carboxylic acids is 1. The molecule has 0 aliphatic carbocycles. The average molecular weight is 439 g/mol. The molecule has 1 saturated heterocycles. The van der Waals surface area contributed by atoms with Crippen molar-refractivity contribution in [1.29, 1.82) is 0 Å². The van der Waals surface area contributed by atoms with E-state index in [1.54, 1.807) is 45.0 Å². The molecule has 2 heterocycles. The van der Waals surface area contributed by atoms with Crippen molar-refractivity contribution in [1.82, 2.24) is 9.62 Å². The molecule has 30 heavy (non-hydrogen) atoms. The molecule has 1 aliphatic rings. The maximum Gasteiger partial charge on any atom is 0.410 e. The van der Waals surface area contributed by atoms with Gasteiger partial charge in [0.25, 0.3) is 10.0 Å². The number of hydrogen-bond acceptors (Lipinski definition) is 6. The molecule has 1 aliphatic heterocycles. The van der Waals surface area contributed by atoms with Gasteiger partial charge in [-0.1, -0.05) is 18.2 Å². The number of ether oxygens (including phenoxy) is 1. The Balaban J connectivity index is 1.69. The van der Waals surface area contributed by atoms with Crippen molar-refractivity contribution in [3.05, 3.63) is 30.3 Å². The number of carboxylic acid groups (broad SMARTS) is 1.